The number of hydrogen-bond acceptors (Lipinski definition) is 4. The molecular formula is C22H22ClNO3. The number of nitrogens with one attached hydrogen (secondary N) is 1. The Morgan fingerprint density at radius 2 is 1.41 bits per heavy atom. The average molecular weight is 384 g/mol. The summed E-state index contributed by atoms with van der Waals surface area (Å²) < 4.78 is 5.51. The van der Waals surface area contributed by atoms with Crippen LogP contribution < -0.4 is 5.32 Å². The summed E-state index contributed by atoms with van der Waals surface area (Å²) in [6.45, 7) is 0.238. The van der Waals surface area contributed by atoms with Gasteiger partial charge in [0.1, 0.15) is 18.4 Å². The molecule has 4 nitrogen and oxygen atoms in total. The number of carbonyl (C=O) groups is 1. The molecule has 0 spiro atoms. The van der Waals surface area contributed by atoms with Crippen LogP contribution in [0.2, 0.25) is 0 Å². The van der Waals surface area contributed by atoms with Crippen molar-refractivity contribution in [3.8, 4) is 5.75 Å². The van der Waals surface area contributed by atoms with E-state index in [0.717, 1.165) is 16.8 Å². The van der Waals surface area contributed by atoms with Gasteiger partial charge in [0, 0.05) is 12.1 Å². The monoisotopic (exact) mass is 383 g/mol. The lowest BCUT2D eigenvalue weighted by atomic mass is 10.1. The molecule has 0 saturated heterocycles. The van der Waals surface area contributed by atoms with Gasteiger partial charge >= 0.3 is 5.97 Å². The van der Waals surface area contributed by atoms with Gasteiger partial charge in [0.2, 0.25) is 0 Å². The lowest BCUT2D eigenvalue weighted by Gasteiger charge is -2.19. The van der Waals surface area contributed by atoms with Crippen LogP contribution in [0.4, 0.5) is 5.69 Å². The number of phenols is 1. The van der Waals surface area contributed by atoms with E-state index < -0.39 is 6.04 Å². The van der Waals surface area contributed by atoms with E-state index in [0.29, 0.717) is 6.42 Å². The maximum atomic E-state index is 12.7. The second kappa shape index (κ2) is 10.2. The van der Waals surface area contributed by atoms with Gasteiger partial charge in [0.25, 0.3) is 0 Å². The quantitative estimate of drug-likeness (QED) is 0.463. The van der Waals surface area contributed by atoms with Crippen molar-refractivity contribution in [2.75, 3.05) is 5.32 Å². The number of hydrogen-bond donors (Lipinski definition) is 2. The first-order valence-electron chi connectivity index (χ1n) is 8.51. The van der Waals surface area contributed by atoms with E-state index >= 15 is 0 Å². The predicted octanol–water partition coefficient (Wildman–Crippen LogP) is 4.58. The molecule has 140 valence electrons. The number of ether oxygens (including phenoxy) is 1. The van der Waals surface area contributed by atoms with Crippen LogP contribution in [0, 0.1) is 0 Å². The Hall–Kier alpha value is -2.98. The van der Waals surface area contributed by atoms with Gasteiger partial charge < -0.3 is 15.2 Å². The van der Waals surface area contributed by atoms with Crippen molar-refractivity contribution in [3.63, 3.8) is 0 Å². The zero-order valence-corrected chi connectivity index (χ0v) is 15.6. The van der Waals surface area contributed by atoms with Crippen molar-refractivity contribution in [1.82, 2.24) is 0 Å². The molecule has 3 aromatic carbocycles. The van der Waals surface area contributed by atoms with Crippen molar-refractivity contribution in [2.45, 2.75) is 19.1 Å². The molecule has 3 rings (SSSR count). The summed E-state index contributed by atoms with van der Waals surface area (Å²) in [6, 6.07) is 25.5. The first-order chi connectivity index (χ1) is 12.7. The standard InChI is InChI=1S/C22H21NO3.ClH/c24-20-13-11-19(12-14-20)23-21(15-17-7-3-1-4-8-17)22(25)26-16-18-9-5-2-6-10-18;/h1-14,21,23-24H,15-16H2;1H/t21-;/m0./s1. The summed E-state index contributed by atoms with van der Waals surface area (Å²) in [5, 5.41) is 12.6. The molecule has 0 amide bonds. The fraction of sp³-hybridized carbons (Fsp3) is 0.136. The van der Waals surface area contributed by atoms with E-state index in [4.69, 9.17) is 4.74 Å². The highest BCUT2D eigenvalue weighted by Gasteiger charge is 2.20. The summed E-state index contributed by atoms with van der Waals surface area (Å²) >= 11 is 0. The van der Waals surface area contributed by atoms with Gasteiger partial charge in [-0.1, -0.05) is 60.7 Å². The molecule has 0 aromatic heterocycles. The van der Waals surface area contributed by atoms with Crippen molar-refractivity contribution in [3.05, 3.63) is 96.1 Å². The van der Waals surface area contributed by atoms with E-state index in [9.17, 15) is 9.90 Å². The average Bonchev–Trinajstić information content (AvgIpc) is 2.69. The fourth-order valence-electron chi connectivity index (χ4n) is 2.63. The second-order valence-corrected chi connectivity index (χ2v) is 6.03. The lowest BCUT2D eigenvalue weighted by molar-refractivity contribution is -0.145. The molecule has 0 saturated carbocycles. The van der Waals surface area contributed by atoms with Crippen LogP contribution >= 0.6 is 12.4 Å². The van der Waals surface area contributed by atoms with Gasteiger partial charge in [0.15, 0.2) is 0 Å². The maximum Gasteiger partial charge on any atom is 0.329 e. The van der Waals surface area contributed by atoms with Gasteiger partial charge in [-0.3, -0.25) is 0 Å². The Balaban J connectivity index is 0.00000261. The number of phenolic OH excluding ortho intramolecular Hbond substituents is 1. The number of aromatic hydroxyl groups is 1. The highest BCUT2D eigenvalue weighted by Crippen LogP contribution is 2.17. The molecule has 0 aliphatic carbocycles. The zero-order chi connectivity index (χ0) is 18.2. The van der Waals surface area contributed by atoms with E-state index in [1.807, 2.05) is 60.7 Å². The first kappa shape index (κ1) is 20.3. The molecule has 0 fully saturated rings. The van der Waals surface area contributed by atoms with Crippen molar-refractivity contribution in [2.24, 2.45) is 0 Å². The first-order valence-corrected chi connectivity index (χ1v) is 8.51. The van der Waals surface area contributed by atoms with Crippen LogP contribution in [0.3, 0.4) is 0 Å². The fourth-order valence-corrected chi connectivity index (χ4v) is 2.63. The van der Waals surface area contributed by atoms with E-state index in [1.54, 1.807) is 24.3 Å². The Morgan fingerprint density at radius 1 is 0.852 bits per heavy atom. The Labute approximate surface area is 165 Å². The Bertz CT molecular complexity index is 823. The third-order valence-electron chi connectivity index (χ3n) is 4.00. The molecule has 0 radical (unpaired) electrons. The van der Waals surface area contributed by atoms with E-state index in [2.05, 4.69) is 5.32 Å². The summed E-state index contributed by atoms with van der Waals surface area (Å²) in [5.74, 6) is -0.132. The van der Waals surface area contributed by atoms with Crippen molar-refractivity contribution in [1.29, 1.82) is 0 Å². The number of halogens is 1. The van der Waals surface area contributed by atoms with Crippen LogP contribution in [-0.2, 0) is 22.6 Å². The summed E-state index contributed by atoms with van der Waals surface area (Å²) in [4.78, 5) is 12.7. The van der Waals surface area contributed by atoms with E-state index in [1.165, 1.54) is 0 Å². The largest absolute Gasteiger partial charge is 0.508 e. The lowest BCUT2D eigenvalue weighted by Crippen LogP contribution is -2.33. The van der Waals surface area contributed by atoms with Crippen molar-refractivity contribution >= 4 is 24.1 Å². The topological polar surface area (TPSA) is 58.6 Å². The second-order valence-electron chi connectivity index (χ2n) is 6.03. The van der Waals surface area contributed by atoms with Crippen LogP contribution in [0.1, 0.15) is 11.1 Å². The summed E-state index contributed by atoms with van der Waals surface area (Å²) in [5.41, 5.74) is 2.74. The highest BCUT2D eigenvalue weighted by molar-refractivity contribution is 5.85. The molecule has 0 aliphatic heterocycles. The number of anilines is 1. The van der Waals surface area contributed by atoms with Gasteiger partial charge in [-0.15, -0.1) is 12.4 Å². The van der Waals surface area contributed by atoms with Crippen LogP contribution in [-0.4, -0.2) is 17.1 Å². The predicted molar refractivity (Wildman–Crippen MR) is 109 cm³/mol. The molecule has 0 heterocycles. The summed E-state index contributed by atoms with van der Waals surface area (Å²) in [7, 11) is 0. The molecule has 0 unspecified atom stereocenters. The molecule has 0 bridgehead atoms. The third kappa shape index (κ3) is 6.35. The number of carbonyl (C=O) groups excluding carboxylic acids is 1. The van der Waals surface area contributed by atoms with Crippen molar-refractivity contribution < 1.29 is 14.6 Å². The minimum absolute atomic E-state index is 0. The smallest absolute Gasteiger partial charge is 0.329 e. The number of rotatable bonds is 7. The van der Waals surface area contributed by atoms with Gasteiger partial charge in [-0.2, -0.15) is 0 Å². The highest BCUT2D eigenvalue weighted by atomic mass is 35.5. The summed E-state index contributed by atoms with van der Waals surface area (Å²) in [6.07, 6.45) is 0.509. The maximum absolute atomic E-state index is 12.7. The molecule has 2 N–H and O–H groups in total. The molecule has 1 atom stereocenters. The molecule has 5 heteroatoms. The van der Waals surface area contributed by atoms with Crippen LogP contribution in [0.15, 0.2) is 84.9 Å². The van der Waals surface area contributed by atoms with Crippen LogP contribution in [0.5, 0.6) is 5.75 Å². The normalized spacial score (nSPS) is 11.1. The van der Waals surface area contributed by atoms with Crippen LogP contribution in [0.25, 0.3) is 0 Å². The molecular weight excluding hydrogens is 362 g/mol. The third-order valence-corrected chi connectivity index (χ3v) is 4.00. The molecule has 27 heavy (non-hydrogen) atoms. The molecule has 3 aromatic rings. The number of esters is 1. The Kier molecular flexibility index (Phi) is 7.71. The SMILES string of the molecule is Cl.O=C(OCc1ccccc1)[C@H](Cc1ccccc1)Nc1ccc(O)cc1. The zero-order valence-electron chi connectivity index (χ0n) is 14.7. The van der Waals surface area contributed by atoms with Gasteiger partial charge in [0.05, 0.1) is 0 Å². The molecule has 0 aliphatic rings. The minimum Gasteiger partial charge on any atom is -0.508 e. The minimum atomic E-state index is -0.523. The number of benzene rings is 3. The van der Waals surface area contributed by atoms with E-state index in [-0.39, 0.29) is 30.7 Å². The van der Waals surface area contributed by atoms with Gasteiger partial charge in [-0.05, 0) is 35.4 Å². The Morgan fingerprint density at radius 3 is 2.00 bits per heavy atom. The van der Waals surface area contributed by atoms with Gasteiger partial charge in [-0.25, -0.2) is 4.79 Å².